The van der Waals surface area contributed by atoms with Crippen molar-refractivity contribution in [3.63, 3.8) is 0 Å². The Morgan fingerprint density at radius 1 is 1.28 bits per heavy atom. The van der Waals surface area contributed by atoms with Gasteiger partial charge in [0, 0.05) is 37.4 Å². The van der Waals surface area contributed by atoms with Gasteiger partial charge in [-0.05, 0) is 31.7 Å². The maximum atomic E-state index is 12.7. The lowest BCUT2D eigenvalue weighted by Gasteiger charge is -2.21. The molecule has 8 nitrogen and oxygen atoms in total. The highest BCUT2D eigenvalue weighted by Crippen LogP contribution is 2.21. The van der Waals surface area contributed by atoms with Crippen molar-refractivity contribution < 1.29 is 24.4 Å². The standard InChI is InChI=1S/C17H22N2O6/c1-2-8-25-15-4-3-6-18(7-5-15)16(20)12-9-13(17(21)22)11-14(10-12)19(23)24/h9-11,15H,2-8H2,1H3,(H,21,22). The third-order valence-corrected chi connectivity index (χ3v) is 4.14. The van der Waals surface area contributed by atoms with E-state index in [1.54, 1.807) is 4.90 Å². The van der Waals surface area contributed by atoms with Crippen LogP contribution in [0.5, 0.6) is 0 Å². The summed E-state index contributed by atoms with van der Waals surface area (Å²) < 4.78 is 5.74. The van der Waals surface area contributed by atoms with Gasteiger partial charge in [0.2, 0.25) is 0 Å². The van der Waals surface area contributed by atoms with E-state index in [4.69, 9.17) is 9.84 Å². The number of carbonyl (C=O) groups excluding carboxylic acids is 1. The molecule has 0 spiro atoms. The van der Waals surface area contributed by atoms with Crippen LogP contribution < -0.4 is 0 Å². The summed E-state index contributed by atoms with van der Waals surface area (Å²) in [6.45, 7) is 3.73. The molecule has 0 radical (unpaired) electrons. The van der Waals surface area contributed by atoms with Crippen molar-refractivity contribution in [2.24, 2.45) is 0 Å². The maximum absolute atomic E-state index is 12.7. The first-order valence-electron chi connectivity index (χ1n) is 8.36. The van der Waals surface area contributed by atoms with Gasteiger partial charge in [-0.25, -0.2) is 4.79 Å². The molecule has 0 aliphatic carbocycles. The lowest BCUT2D eigenvalue weighted by atomic mass is 10.1. The second kappa shape index (κ2) is 8.57. The van der Waals surface area contributed by atoms with Gasteiger partial charge in [0.05, 0.1) is 16.6 Å². The molecule has 136 valence electrons. The molecule has 1 amide bonds. The average molecular weight is 350 g/mol. The Morgan fingerprint density at radius 3 is 2.64 bits per heavy atom. The molecule has 8 heteroatoms. The Balaban J connectivity index is 2.16. The first-order chi connectivity index (χ1) is 11.9. The van der Waals surface area contributed by atoms with Gasteiger partial charge in [-0.2, -0.15) is 0 Å². The van der Waals surface area contributed by atoms with Gasteiger partial charge >= 0.3 is 5.97 Å². The molecule has 25 heavy (non-hydrogen) atoms. The summed E-state index contributed by atoms with van der Waals surface area (Å²) in [5.74, 6) is -1.69. The lowest BCUT2D eigenvalue weighted by Crippen LogP contribution is -2.32. The molecule has 1 aliphatic rings. The Hall–Kier alpha value is -2.48. The topological polar surface area (TPSA) is 110 Å². The van der Waals surface area contributed by atoms with Crippen LogP contribution in [0.25, 0.3) is 0 Å². The molecular formula is C17H22N2O6. The molecule has 1 heterocycles. The zero-order valence-corrected chi connectivity index (χ0v) is 14.1. The van der Waals surface area contributed by atoms with E-state index in [1.807, 2.05) is 6.92 Å². The quantitative estimate of drug-likeness (QED) is 0.624. The average Bonchev–Trinajstić information content (AvgIpc) is 2.84. The van der Waals surface area contributed by atoms with Crippen LogP contribution in [0.4, 0.5) is 5.69 Å². The van der Waals surface area contributed by atoms with Crippen LogP contribution >= 0.6 is 0 Å². The molecule has 2 rings (SSSR count). The molecule has 0 bridgehead atoms. The van der Waals surface area contributed by atoms with Crippen molar-refractivity contribution in [3.8, 4) is 0 Å². The monoisotopic (exact) mass is 350 g/mol. The number of hydrogen-bond donors (Lipinski definition) is 1. The SMILES string of the molecule is CCCOC1CCCN(C(=O)c2cc(C(=O)O)cc([N+](=O)[O-])c2)CC1. The minimum atomic E-state index is -1.30. The van der Waals surface area contributed by atoms with E-state index in [0.717, 1.165) is 31.4 Å². The van der Waals surface area contributed by atoms with Gasteiger partial charge in [0.25, 0.3) is 11.6 Å². The Labute approximate surface area is 145 Å². The smallest absolute Gasteiger partial charge is 0.335 e. The predicted molar refractivity (Wildman–Crippen MR) is 89.8 cm³/mol. The van der Waals surface area contributed by atoms with Crippen LogP contribution in [0, 0.1) is 10.1 Å². The lowest BCUT2D eigenvalue weighted by molar-refractivity contribution is -0.384. The summed E-state index contributed by atoms with van der Waals surface area (Å²) in [4.78, 5) is 35.8. The van der Waals surface area contributed by atoms with Gasteiger partial charge in [0.15, 0.2) is 0 Å². The van der Waals surface area contributed by atoms with E-state index in [2.05, 4.69) is 0 Å². The number of nitro groups is 1. The fourth-order valence-electron chi connectivity index (χ4n) is 2.87. The third-order valence-electron chi connectivity index (χ3n) is 4.14. The Bertz CT molecular complexity index is 628. The van der Waals surface area contributed by atoms with Crippen molar-refractivity contribution in [1.29, 1.82) is 0 Å². The number of likely N-dealkylation sites (tertiary alicyclic amines) is 1. The van der Waals surface area contributed by atoms with Gasteiger partial charge < -0.3 is 14.7 Å². The van der Waals surface area contributed by atoms with Gasteiger partial charge in [0.1, 0.15) is 0 Å². The van der Waals surface area contributed by atoms with E-state index in [-0.39, 0.29) is 23.1 Å². The zero-order chi connectivity index (χ0) is 18.4. The summed E-state index contributed by atoms with van der Waals surface area (Å²) in [6, 6.07) is 3.27. The van der Waals surface area contributed by atoms with Crippen molar-refractivity contribution >= 4 is 17.6 Å². The van der Waals surface area contributed by atoms with E-state index in [9.17, 15) is 19.7 Å². The number of amides is 1. The number of non-ortho nitro benzene ring substituents is 1. The van der Waals surface area contributed by atoms with Crippen molar-refractivity contribution in [3.05, 3.63) is 39.4 Å². The molecule has 1 atom stereocenters. The second-order valence-electron chi connectivity index (χ2n) is 6.05. The summed E-state index contributed by atoms with van der Waals surface area (Å²) in [5, 5.41) is 20.1. The van der Waals surface area contributed by atoms with E-state index in [1.165, 1.54) is 6.07 Å². The Morgan fingerprint density at radius 2 is 2.00 bits per heavy atom. The van der Waals surface area contributed by atoms with Gasteiger partial charge in [-0.3, -0.25) is 14.9 Å². The zero-order valence-electron chi connectivity index (χ0n) is 14.1. The molecule has 1 aromatic rings. The molecule has 1 N–H and O–H groups in total. The van der Waals surface area contributed by atoms with E-state index < -0.39 is 16.6 Å². The number of rotatable bonds is 6. The normalized spacial score (nSPS) is 17.8. The molecule has 1 saturated heterocycles. The van der Waals surface area contributed by atoms with Crippen LogP contribution in [-0.4, -0.2) is 52.6 Å². The third kappa shape index (κ3) is 4.99. The highest BCUT2D eigenvalue weighted by molar-refractivity contribution is 5.98. The molecule has 0 aromatic heterocycles. The highest BCUT2D eigenvalue weighted by atomic mass is 16.6. The fourth-order valence-corrected chi connectivity index (χ4v) is 2.87. The maximum Gasteiger partial charge on any atom is 0.335 e. The minimum Gasteiger partial charge on any atom is -0.478 e. The van der Waals surface area contributed by atoms with Crippen LogP contribution in [0.1, 0.15) is 53.3 Å². The molecule has 1 unspecified atom stereocenters. The number of hydrogen-bond acceptors (Lipinski definition) is 5. The number of carboxylic acids is 1. The first-order valence-corrected chi connectivity index (χ1v) is 8.36. The van der Waals surface area contributed by atoms with Crippen molar-refractivity contribution in [2.75, 3.05) is 19.7 Å². The van der Waals surface area contributed by atoms with Crippen LogP contribution in [-0.2, 0) is 4.74 Å². The van der Waals surface area contributed by atoms with Crippen LogP contribution in [0.2, 0.25) is 0 Å². The number of nitro benzene ring substituents is 1. The van der Waals surface area contributed by atoms with Crippen molar-refractivity contribution in [2.45, 2.75) is 38.7 Å². The molecule has 1 fully saturated rings. The highest BCUT2D eigenvalue weighted by Gasteiger charge is 2.24. The number of ether oxygens (including phenoxy) is 1. The molecule has 0 saturated carbocycles. The fraction of sp³-hybridized carbons (Fsp3) is 0.529. The van der Waals surface area contributed by atoms with Crippen LogP contribution in [0.3, 0.4) is 0 Å². The van der Waals surface area contributed by atoms with Crippen LogP contribution in [0.15, 0.2) is 18.2 Å². The minimum absolute atomic E-state index is 0.0273. The number of carbonyl (C=O) groups is 2. The predicted octanol–water partition coefficient (Wildman–Crippen LogP) is 2.71. The van der Waals surface area contributed by atoms with Crippen molar-refractivity contribution in [1.82, 2.24) is 4.90 Å². The van der Waals surface area contributed by atoms with Gasteiger partial charge in [-0.1, -0.05) is 6.92 Å². The number of aromatic carboxylic acids is 1. The summed E-state index contributed by atoms with van der Waals surface area (Å²) in [7, 11) is 0. The molecule has 1 aromatic carbocycles. The molecular weight excluding hydrogens is 328 g/mol. The van der Waals surface area contributed by atoms with E-state index in [0.29, 0.717) is 26.1 Å². The number of carboxylic acid groups (broad SMARTS) is 1. The van der Waals surface area contributed by atoms with Gasteiger partial charge in [-0.15, -0.1) is 0 Å². The largest absolute Gasteiger partial charge is 0.478 e. The summed E-state index contributed by atoms with van der Waals surface area (Å²) >= 11 is 0. The summed E-state index contributed by atoms with van der Waals surface area (Å²) in [6.07, 6.45) is 3.38. The molecule has 1 aliphatic heterocycles. The number of nitrogens with zero attached hydrogens (tertiary/aromatic N) is 2. The first kappa shape index (κ1) is 18.9. The van der Waals surface area contributed by atoms with E-state index >= 15 is 0 Å². The summed E-state index contributed by atoms with van der Waals surface area (Å²) in [5.41, 5.74) is -0.640. The number of benzene rings is 1. The second-order valence-corrected chi connectivity index (χ2v) is 6.05. The Kier molecular flexibility index (Phi) is 6.46.